The number of aryl methyl sites for hydroxylation is 1. The molecule has 1 heterocycles. The first kappa shape index (κ1) is 18.2. The smallest absolute Gasteiger partial charge is 0.270 e. The van der Waals surface area contributed by atoms with Crippen molar-refractivity contribution in [3.05, 3.63) is 70.9 Å². The van der Waals surface area contributed by atoms with Crippen molar-refractivity contribution in [2.75, 3.05) is 20.3 Å². The van der Waals surface area contributed by atoms with E-state index in [4.69, 9.17) is 16.3 Å². The third kappa shape index (κ3) is 3.95. The number of hydrogen-bond acceptors (Lipinski definition) is 3. The van der Waals surface area contributed by atoms with Crippen LogP contribution in [0.15, 0.2) is 54.6 Å². The Hall–Kier alpha value is -2.63. The van der Waals surface area contributed by atoms with Gasteiger partial charge in [-0.05, 0) is 36.8 Å². The highest BCUT2D eigenvalue weighted by Gasteiger charge is 2.18. The van der Waals surface area contributed by atoms with Crippen LogP contribution in [0.1, 0.15) is 16.1 Å². The molecule has 2 aromatic carbocycles. The number of methoxy groups -OCH3 is 1. The number of carbonyl (C=O) groups is 1. The Kier molecular flexibility index (Phi) is 5.71. The molecular weight excluding hydrogens is 350 g/mol. The van der Waals surface area contributed by atoms with Crippen LogP contribution in [0.4, 0.5) is 0 Å². The van der Waals surface area contributed by atoms with Crippen LogP contribution in [0.5, 0.6) is 0 Å². The number of amides is 1. The largest absolute Gasteiger partial charge is 0.383 e. The number of benzene rings is 2. The van der Waals surface area contributed by atoms with Crippen molar-refractivity contribution in [1.82, 2.24) is 15.1 Å². The van der Waals surface area contributed by atoms with E-state index in [1.807, 2.05) is 49.4 Å². The highest BCUT2D eigenvalue weighted by atomic mass is 35.5. The summed E-state index contributed by atoms with van der Waals surface area (Å²) in [6, 6.07) is 17.0. The van der Waals surface area contributed by atoms with E-state index in [0.717, 1.165) is 16.8 Å². The Balaban J connectivity index is 2.06. The van der Waals surface area contributed by atoms with Crippen LogP contribution >= 0.6 is 11.6 Å². The fourth-order valence-electron chi connectivity index (χ4n) is 2.66. The number of hydrogen-bond donors (Lipinski definition) is 1. The van der Waals surface area contributed by atoms with Crippen molar-refractivity contribution in [3.63, 3.8) is 0 Å². The molecule has 5 nitrogen and oxygen atoms in total. The Morgan fingerprint density at radius 1 is 1.19 bits per heavy atom. The third-order valence-corrected chi connectivity index (χ3v) is 4.26. The second kappa shape index (κ2) is 8.17. The van der Waals surface area contributed by atoms with Gasteiger partial charge >= 0.3 is 0 Å². The fraction of sp³-hybridized carbons (Fsp3) is 0.200. The van der Waals surface area contributed by atoms with E-state index < -0.39 is 0 Å². The monoisotopic (exact) mass is 369 g/mol. The molecule has 1 amide bonds. The molecule has 6 heteroatoms. The molecule has 0 unspecified atom stereocenters. The lowest BCUT2D eigenvalue weighted by Gasteiger charge is -2.08. The molecule has 26 heavy (non-hydrogen) atoms. The van der Waals surface area contributed by atoms with Gasteiger partial charge in [0.15, 0.2) is 0 Å². The number of nitrogens with one attached hydrogen (secondary N) is 1. The standard InChI is InChI=1S/C20H20ClN3O2/c1-14-6-5-7-15(12-14)24-19(20(25)22-10-11-26-2)13-18(23-24)16-8-3-4-9-17(16)21/h3-9,12-13H,10-11H2,1-2H3,(H,22,25). The summed E-state index contributed by atoms with van der Waals surface area (Å²) in [7, 11) is 1.60. The van der Waals surface area contributed by atoms with Gasteiger partial charge in [0.2, 0.25) is 0 Å². The van der Waals surface area contributed by atoms with E-state index in [0.29, 0.717) is 29.6 Å². The van der Waals surface area contributed by atoms with Crippen LogP contribution in [0.3, 0.4) is 0 Å². The molecule has 3 rings (SSSR count). The molecule has 0 fully saturated rings. The minimum absolute atomic E-state index is 0.214. The summed E-state index contributed by atoms with van der Waals surface area (Å²) in [6.45, 7) is 2.87. The SMILES string of the molecule is COCCNC(=O)c1cc(-c2ccccc2Cl)nn1-c1cccc(C)c1. The summed E-state index contributed by atoms with van der Waals surface area (Å²) >= 11 is 6.31. The Bertz CT molecular complexity index is 921. The number of rotatable bonds is 6. The summed E-state index contributed by atoms with van der Waals surface area (Å²) in [5, 5.41) is 8.08. The van der Waals surface area contributed by atoms with Gasteiger partial charge in [-0.3, -0.25) is 4.79 Å². The maximum absolute atomic E-state index is 12.7. The summed E-state index contributed by atoms with van der Waals surface area (Å²) in [6.07, 6.45) is 0. The van der Waals surface area contributed by atoms with Gasteiger partial charge in [0, 0.05) is 19.2 Å². The first-order valence-corrected chi connectivity index (χ1v) is 8.67. The molecule has 0 spiro atoms. The van der Waals surface area contributed by atoms with Crippen LogP contribution in [0.25, 0.3) is 16.9 Å². The number of nitrogens with zero attached hydrogens (tertiary/aromatic N) is 2. The minimum atomic E-state index is -0.214. The molecule has 0 radical (unpaired) electrons. The summed E-state index contributed by atoms with van der Waals surface area (Å²) in [5.41, 5.74) is 3.78. The van der Waals surface area contributed by atoms with Crippen LogP contribution in [-0.4, -0.2) is 35.9 Å². The molecule has 0 aliphatic rings. The van der Waals surface area contributed by atoms with Crippen LogP contribution in [-0.2, 0) is 4.74 Å². The molecule has 0 saturated heterocycles. The molecule has 0 saturated carbocycles. The van der Waals surface area contributed by atoms with Crippen LogP contribution in [0.2, 0.25) is 5.02 Å². The zero-order valence-corrected chi connectivity index (χ0v) is 15.5. The van der Waals surface area contributed by atoms with Gasteiger partial charge < -0.3 is 10.1 Å². The second-order valence-corrected chi connectivity index (χ2v) is 6.30. The predicted octanol–water partition coefficient (Wildman–Crippen LogP) is 3.88. The summed E-state index contributed by atoms with van der Waals surface area (Å²) in [5.74, 6) is -0.214. The lowest BCUT2D eigenvalue weighted by molar-refractivity contribution is 0.0929. The molecule has 0 atom stereocenters. The lowest BCUT2D eigenvalue weighted by atomic mass is 10.1. The number of ether oxygens (including phenoxy) is 1. The molecule has 134 valence electrons. The Labute approximate surface area is 157 Å². The number of aromatic nitrogens is 2. The minimum Gasteiger partial charge on any atom is -0.383 e. The van der Waals surface area contributed by atoms with Crippen molar-refractivity contribution < 1.29 is 9.53 Å². The van der Waals surface area contributed by atoms with Crippen molar-refractivity contribution in [1.29, 1.82) is 0 Å². The molecule has 0 aliphatic heterocycles. The van der Waals surface area contributed by atoms with Crippen molar-refractivity contribution in [2.45, 2.75) is 6.92 Å². The second-order valence-electron chi connectivity index (χ2n) is 5.89. The molecule has 1 N–H and O–H groups in total. The van der Waals surface area contributed by atoms with E-state index >= 15 is 0 Å². The fourth-order valence-corrected chi connectivity index (χ4v) is 2.89. The molecule has 0 bridgehead atoms. The number of halogens is 1. The van der Waals surface area contributed by atoms with E-state index in [-0.39, 0.29) is 5.91 Å². The Morgan fingerprint density at radius 2 is 2.00 bits per heavy atom. The maximum atomic E-state index is 12.7. The lowest BCUT2D eigenvalue weighted by Crippen LogP contribution is -2.28. The highest BCUT2D eigenvalue weighted by molar-refractivity contribution is 6.33. The zero-order chi connectivity index (χ0) is 18.5. The Morgan fingerprint density at radius 3 is 2.73 bits per heavy atom. The first-order valence-electron chi connectivity index (χ1n) is 8.29. The predicted molar refractivity (Wildman–Crippen MR) is 103 cm³/mol. The van der Waals surface area contributed by atoms with E-state index in [2.05, 4.69) is 10.4 Å². The average Bonchev–Trinajstić information content (AvgIpc) is 3.07. The van der Waals surface area contributed by atoms with Gasteiger partial charge in [-0.15, -0.1) is 0 Å². The van der Waals surface area contributed by atoms with Gasteiger partial charge in [0.1, 0.15) is 5.69 Å². The van der Waals surface area contributed by atoms with Crippen LogP contribution < -0.4 is 5.32 Å². The summed E-state index contributed by atoms with van der Waals surface area (Å²) < 4.78 is 6.64. The third-order valence-electron chi connectivity index (χ3n) is 3.93. The normalized spacial score (nSPS) is 10.7. The molecule has 0 aliphatic carbocycles. The number of carbonyl (C=O) groups excluding carboxylic acids is 1. The quantitative estimate of drug-likeness (QED) is 0.671. The van der Waals surface area contributed by atoms with Gasteiger partial charge in [-0.25, -0.2) is 4.68 Å². The highest BCUT2D eigenvalue weighted by Crippen LogP contribution is 2.28. The van der Waals surface area contributed by atoms with Crippen molar-refractivity contribution >= 4 is 17.5 Å². The average molecular weight is 370 g/mol. The van der Waals surface area contributed by atoms with E-state index in [9.17, 15) is 4.79 Å². The van der Waals surface area contributed by atoms with Gasteiger partial charge in [-0.2, -0.15) is 5.10 Å². The molecule has 1 aromatic heterocycles. The maximum Gasteiger partial charge on any atom is 0.270 e. The van der Waals surface area contributed by atoms with Gasteiger partial charge in [0.05, 0.1) is 23.0 Å². The van der Waals surface area contributed by atoms with E-state index in [1.54, 1.807) is 23.9 Å². The van der Waals surface area contributed by atoms with Crippen LogP contribution in [0, 0.1) is 6.92 Å². The van der Waals surface area contributed by atoms with Gasteiger partial charge in [0.25, 0.3) is 5.91 Å². The first-order chi connectivity index (χ1) is 12.6. The van der Waals surface area contributed by atoms with Gasteiger partial charge in [-0.1, -0.05) is 41.9 Å². The molecular formula is C20H20ClN3O2. The topological polar surface area (TPSA) is 56.1 Å². The summed E-state index contributed by atoms with van der Waals surface area (Å²) in [4.78, 5) is 12.7. The van der Waals surface area contributed by atoms with Crippen molar-refractivity contribution in [3.8, 4) is 16.9 Å². The zero-order valence-electron chi connectivity index (χ0n) is 14.7. The van der Waals surface area contributed by atoms with E-state index in [1.165, 1.54) is 0 Å². The van der Waals surface area contributed by atoms with Crippen molar-refractivity contribution in [2.24, 2.45) is 0 Å². The molecule has 3 aromatic rings.